The highest BCUT2D eigenvalue weighted by Crippen LogP contribution is 2.22. The number of thioether (sulfide) groups is 1. The monoisotopic (exact) mass is 362 g/mol. The van der Waals surface area contributed by atoms with Crippen LogP contribution in [-0.2, 0) is 0 Å². The van der Waals surface area contributed by atoms with Crippen molar-refractivity contribution in [3.63, 3.8) is 0 Å². The van der Waals surface area contributed by atoms with E-state index in [4.69, 9.17) is 0 Å². The fraction of sp³-hybridized carbons (Fsp3) is 0.0500. The molecule has 128 valence electrons. The minimum Gasteiger partial charge on any atom is -0.220 e. The predicted octanol–water partition coefficient (Wildman–Crippen LogP) is 4.74. The average Bonchev–Trinajstić information content (AvgIpc) is 3.10. The number of aromatic nitrogens is 4. The number of benzene rings is 2. The lowest BCUT2D eigenvalue weighted by atomic mass is 10.1. The van der Waals surface area contributed by atoms with Crippen molar-refractivity contribution in [2.24, 2.45) is 0 Å². The minimum absolute atomic E-state index is 0.265. The summed E-state index contributed by atoms with van der Waals surface area (Å²) in [6.07, 6.45) is 5.84. The smallest absolute Gasteiger partial charge is 0.220 e. The Labute approximate surface area is 154 Å². The Balaban J connectivity index is 1.53. The van der Waals surface area contributed by atoms with Crippen LogP contribution in [0.1, 0.15) is 5.56 Å². The van der Waals surface area contributed by atoms with Gasteiger partial charge in [0, 0.05) is 17.5 Å². The molecule has 0 N–H and O–H groups in total. The molecular formula is C20H15FN4S. The lowest BCUT2D eigenvalue weighted by molar-refractivity contribution is 0.628. The van der Waals surface area contributed by atoms with Crippen LogP contribution in [0.5, 0.6) is 0 Å². The summed E-state index contributed by atoms with van der Waals surface area (Å²) in [5.41, 5.74) is 2.86. The van der Waals surface area contributed by atoms with Gasteiger partial charge < -0.3 is 0 Å². The van der Waals surface area contributed by atoms with Crippen LogP contribution in [0.4, 0.5) is 4.39 Å². The third-order valence-electron chi connectivity index (χ3n) is 3.78. The zero-order valence-corrected chi connectivity index (χ0v) is 14.6. The summed E-state index contributed by atoms with van der Waals surface area (Å²) in [5.74, 6) is 1.03. The van der Waals surface area contributed by atoms with Crippen molar-refractivity contribution >= 4 is 23.6 Å². The second-order valence-electron chi connectivity index (χ2n) is 5.57. The SMILES string of the molecule is Fc1ccc(-c2ccnc3nc(SCC=Cc4ccccc4)nn23)cc1. The number of nitrogens with zero attached hydrogens (tertiary/aromatic N) is 4. The fourth-order valence-corrected chi connectivity index (χ4v) is 3.17. The van der Waals surface area contributed by atoms with Crippen LogP contribution in [0.2, 0.25) is 0 Å². The Morgan fingerprint density at radius 2 is 1.81 bits per heavy atom. The molecule has 6 heteroatoms. The van der Waals surface area contributed by atoms with Crippen LogP contribution >= 0.6 is 11.8 Å². The Kier molecular flexibility index (Phi) is 4.75. The van der Waals surface area contributed by atoms with E-state index in [0.717, 1.165) is 22.6 Å². The molecule has 0 saturated heterocycles. The molecule has 0 amide bonds. The Bertz CT molecular complexity index is 1040. The van der Waals surface area contributed by atoms with Crippen LogP contribution in [-0.4, -0.2) is 25.3 Å². The second kappa shape index (κ2) is 7.49. The minimum atomic E-state index is -0.265. The lowest BCUT2D eigenvalue weighted by Crippen LogP contribution is -1.95. The average molecular weight is 362 g/mol. The van der Waals surface area contributed by atoms with Gasteiger partial charge in [-0.2, -0.15) is 9.50 Å². The topological polar surface area (TPSA) is 43.1 Å². The van der Waals surface area contributed by atoms with Crippen molar-refractivity contribution in [1.29, 1.82) is 0 Å². The van der Waals surface area contributed by atoms with Crippen LogP contribution in [0, 0.1) is 5.82 Å². The highest BCUT2D eigenvalue weighted by Gasteiger charge is 2.10. The standard InChI is InChI=1S/C20H15FN4S/c21-17-10-8-16(9-11-17)18-12-13-22-19-23-20(24-25(18)19)26-14-4-7-15-5-2-1-3-6-15/h1-13H,14H2. The van der Waals surface area contributed by atoms with Gasteiger partial charge in [-0.05, 0) is 35.9 Å². The van der Waals surface area contributed by atoms with Crippen LogP contribution < -0.4 is 0 Å². The first-order valence-electron chi connectivity index (χ1n) is 8.12. The van der Waals surface area contributed by atoms with Crippen LogP contribution in [0.25, 0.3) is 23.1 Å². The summed E-state index contributed by atoms with van der Waals surface area (Å²) >= 11 is 1.54. The highest BCUT2D eigenvalue weighted by molar-refractivity contribution is 7.99. The van der Waals surface area contributed by atoms with Gasteiger partial charge in [-0.25, -0.2) is 9.37 Å². The molecule has 4 rings (SSSR count). The first kappa shape index (κ1) is 16.5. The third-order valence-corrected chi connectivity index (χ3v) is 4.57. The molecule has 4 aromatic rings. The van der Waals surface area contributed by atoms with Crippen molar-refractivity contribution in [3.05, 3.63) is 84.3 Å². The normalized spacial score (nSPS) is 11.4. The Morgan fingerprint density at radius 1 is 1.00 bits per heavy atom. The summed E-state index contributed by atoms with van der Waals surface area (Å²) in [5, 5.41) is 5.19. The number of halogens is 1. The Morgan fingerprint density at radius 3 is 2.62 bits per heavy atom. The first-order valence-corrected chi connectivity index (χ1v) is 9.10. The van der Waals surface area contributed by atoms with Crippen LogP contribution in [0.15, 0.2) is 78.1 Å². The van der Waals surface area contributed by atoms with E-state index in [9.17, 15) is 4.39 Å². The molecule has 2 aromatic heterocycles. The predicted molar refractivity (Wildman–Crippen MR) is 102 cm³/mol. The molecule has 0 fully saturated rings. The van der Waals surface area contributed by atoms with E-state index in [2.05, 4.69) is 39.4 Å². The number of hydrogen-bond donors (Lipinski definition) is 0. The molecule has 2 heterocycles. The third kappa shape index (κ3) is 3.65. The molecule has 0 atom stereocenters. The molecule has 0 aliphatic rings. The van der Waals surface area contributed by atoms with Gasteiger partial charge in [0.15, 0.2) is 0 Å². The molecule has 0 saturated carbocycles. The molecule has 2 aromatic carbocycles. The summed E-state index contributed by atoms with van der Waals surface area (Å²) in [7, 11) is 0. The number of rotatable bonds is 5. The maximum absolute atomic E-state index is 13.2. The van der Waals surface area contributed by atoms with Crippen molar-refractivity contribution in [1.82, 2.24) is 19.6 Å². The second-order valence-corrected chi connectivity index (χ2v) is 6.55. The molecule has 0 unspecified atom stereocenters. The van der Waals surface area contributed by atoms with Gasteiger partial charge in [0.25, 0.3) is 5.78 Å². The van der Waals surface area contributed by atoms with Gasteiger partial charge >= 0.3 is 0 Å². The van der Waals surface area contributed by atoms with Gasteiger partial charge in [0.1, 0.15) is 5.82 Å². The van der Waals surface area contributed by atoms with Gasteiger partial charge in [-0.15, -0.1) is 5.10 Å². The molecule has 4 nitrogen and oxygen atoms in total. The molecule has 0 aliphatic heterocycles. The summed E-state index contributed by atoms with van der Waals surface area (Å²) in [4.78, 5) is 8.72. The lowest BCUT2D eigenvalue weighted by Gasteiger charge is -2.02. The number of fused-ring (bicyclic) bond motifs is 1. The maximum Gasteiger partial charge on any atom is 0.253 e. The van der Waals surface area contributed by atoms with Gasteiger partial charge in [0.2, 0.25) is 5.16 Å². The van der Waals surface area contributed by atoms with Gasteiger partial charge in [-0.3, -0.25) is 0 Å². The molecular weight excluding hydrogens is 347 g/mol. The van der Waals surface area contributed by atoms with E-state index in [-0.39, 0.29) is 5.82 Å². The van der Waals surface area contributed by atoms with Crippen molar-refractivity contribution < 1.29 is 4.39 Å². The van der Waals surface area contributed by atoms with Gasteiger partial charge in [0.05, 0.1) is 5.69 Å². The van der Waals surface area contributed by atoms with Crippen molar-refractivity contribution in [2.75, 3.05) is 5.75 Å². The maximum atomic E-state index is 13.2. The van der Waals surface area contributed by atoms with Gasteiger partial charge in [-0.1, -0.05) is 54.2 Å². The number of hydrogen-bond acceptors (Lipinski definition) is 4. The first-order chi connectivity index (χ1) is 12.8. The van der Waals surface area contributed by atoms with Crippen molar-refractivity contribution in [2.45, 2.75) is 5.16 Å². The summed E-state index contributed by atoms with van der Waals surface area (Å²) in [6, 6.07) is 18.3. The van der Waals surface area contributed by atoms with Crippen molar-refractivity contribution in [3.8, 4) is 11.3 Å². The fourth-order valence-electron chi connectivity index (χ4n) is 2.55. The van der Waals surface area contributed by atoms with E-state index in [0.29, 0.717) is 10.9 Å². The van der Waals surface area contributed by atoms with E-state index < -0.39 is 0 Å². The molecule has 26 heavy (non-hydrogen) atoms. The zero-order valence-electron chi connectivity index (χ0n) is 13.8. The summed E-state index contributed by atoms with van der Waals surface area (Å²) < 4.78 is 14.9. The molecule has 0 aliphatic carbocycles. The zero-order chi connectivity index (χ0) is 17.8. The quantitative estimate of drug-likeness (QED) is 0.481. The van der Waals surface area contributed by atoms with E-state index in [1.165, 1.54) is 12.1 Å². The van der Waals surface area contributed by atoms with E-state index in [1.807, 2.05) is 24.3 Å². The van der Waals surface area contributed by atoms with E-state index >= 15 is 0 Å². The van der Waals surface area contributed by atoms with Crippen LogP contribution in [0.3, 0.4) is 0 Å². The summed E-state index contributed by atoms with van der Waals surface area (Å²) in [6.45, 7) is 0. The molecule has 0 bridgehead atoms. The molecule has 0 radical (unpaired) electrons. The largest absolute Gasteiger partial charge is 0.253 e. The van der Waals surface area contributed by atoms with E-state index in [1.54, 1.807) is 34.6 Å². The highest BCUT2D eigenvalue weighted by atomic mass is 32.2. The Hall–Kier alpha value is -2.99. The molecule has 0 spiro atoms.